The van der Waals surface area contributed by atoms with E-state index in [1.54, 1.807) is 0 Å². The van der Waals surface area contributed by atoms with Gasteiger partial charge in [0.2, 0.25) is 0 Å². The van der Waals surface area contributed by atoms with Gasteiger partial charge in [-0.3, -0.25) is 4.79 Å². The number of ether oxygens (including phenoxy) is 1. The first kappa shape index (κ1) is 31.5. The van der Waals surface area contributed by atoms with Crippen molar-refractivity contribution >= 4 is 33.0 Å². The normalized spacial score (nSPS) is 14.8. The summed E-state index contributed by atoms with van der Waals surface area (Å²) in [7, 11) is -4.56. The van der Waals surface area contributed by atoms with Crippen molar-refractivity contribution in [3.63, 3.8) is 0 Å². The molecule has 206 valence electrons. The van der Waals surface area contributed by atoms with Crippen LogP contribution in [0.25, 0.3) is 0 Å². The molecule has 0 saturated heterocycles. The fourth-order valence-electron chi connectivity index (χ4n) is 4.70. The van der Waals surface area contributed by atoms with Gasteiger partial charge in [0.05, 0.1) is 6.10 Å². The molecule has 0 N–H and O–H groups in total. The van der Waals surface area contributed by atoms with Gasteiger partial charge in [0.1, 0.15) is 6.61 Å². The van der Waals surface area contributed by atoms with Gasteiger partial charge in [0.25, 0.3) is 8.32 Å². The fraction of sp³-hybridized carbons (Fsp3) is 0.581. The minimum atomic E-state index is -2.74. The molecule has 0 bridgehead atoms. The molecule has 0 amide bonds. The van der Waals surface area contributed by atoms with Crippen LogP contribution in [0.2, 0.25) is 23.2 Å². The number of esters is 1. The first-order valence-corrected chi connectivity index (χ1v) is 18.5. The Morgan fingerprint density at radius 1 is 0.784 bits per heavy atom. The van der Waals surface area contributed by atoms with Crippen LogP contribution >= 0.6 is 0 Å². The minimum absolute atomic E-state index is 0.136. The van der Waals surface area contributed by atoms with E-state index in [9.17, 15) is 4.79 Å². The van der Waals surface area contributed by atoms with E-state index in [1.807, 2.05) is 0 Å². The lowest BCUT2D eigenvalue weighted by Crippen LogP contribution is -2.68. The van der Waals surface area contributed by atoms with Crippen LogP contribution in [0.15, 0.2) is 60.7 Å². The number of hydrogen-bond acceptors (Lipinski definition) is 4. The highest BCUT2D eigenvalue weighted by Crippen LogP contribution is 2.39. The Bertz CT molecular complexity index is 923. The predicted octanol–water partition coefficient (Wildman–Crippen LogP) is 7.08. The van der Waals surface area contributed by atoms with E-state index < -0.39 is 16.6 Å². The number of carbonyl (C=O) groups excluding carboxylic acids is 1. The SMILES string of the molecule is CC(=O)OC[C@@H](CCC[C@H](C)O[Si](C)(C)C(C)(C)C)O[Si](c1ccccc1)(c1ccccc1)C(C)(C)C. The zero-order chi connectivity index (χ0) is 27.9. The fourth-order valence-corrected chi connectivity index (χ4v) is 10.9. The molecule has 0 aromatic heterocycles. The van der Waals surface area contributed by atoms with E-state index in [4.69, 9.17) is 13.6 Å². The molecule has 0 fully saturated rings. The predicted molar refractivity (Wildman–Crippen MR) is 161 cm³/mol. The average molecular weight is 543 g/mol. The lowest BCUT2D eigenvalue weighted by molar-refractivity contribution is -0.143. The second-order valence-corrected chi connectivity index (χ2v) is 21.8. The Kier molecular flexibility index (Phi) is 11.0. The van der Waals surface area contributed by atoms with E-state index in [2.05, 4.69) is 122 Å². The second-order valence-electron chi connectivity index (χ2n) is 12.8. The largest absolute Gasteiger partial charge is 0.463 e. The highest BCUT2D eigenvalue weighted by Gasteiger charge is 2.51. The van der Waals surface area contributed by atoms with Gasteiger partial charge in [-0.2, -0.15) is 0 Å². The Hall–Kier alpha value is -1.74. The lowest BCUT2D eigenvalue weighted by Gasteiger charge is -2.45. The summed E-state index contributed by atoms with van der Waals surface area (Å²) in [5.41, 5.74) is 0. The molecule has 0 spiro atoms. The molecule has 0 aliphatic rings. The van der Waals surface area contributed by atoms with Crippen molar-refractivity contribution in [2.75, 3.05) is 6.61 Å². The highest BCUT2D eigenvalue weighted by atomic mass is 28.4. The van der Waals surface area contributed by atoms with E-state index in [-0.39, 0.29) is 34.9 Å². The summed E-state index contributed by atoms with van der Waals surface area (Å²) in [5.74, 6) is -0.273. The lowest BCUT2D eigenvalue weighted by atomic mass is 10.1. The molecule has 0 saturated carbocycles. The van der Waals surface area contributed by atoms with Gasteiger partial charge in [-0.15, -0.1) is 0 Å². The summed E-state index contributed by atoms with van der Waals surface area (Å²) in [5, 5.41) is 2.52. The molecule has 0 aliphatic carbocycles. The molecule has 4 nitrogen and oxygen atoms in total. The third-order valence-electron chi connectivity index (χ3n) is 7.67. The van der Waals surface area contributed by atoms with Crippen molar-refractivity contribution in [1.82, 2.24) is 0 Å². The van der Waals surface area contributed by atoms with Crippen molar-refractivity contribution in [2.24, 2.45) is 0 Å². The van der Waals surface area contributed by atoms with Gasteiger partial charge in [0, 0.05) is 13.0 Å². The van der Waals surface area contributed by atoms with E-state index in [0.717, 1.165) is 19.3 Å². The number of carbonyl (C=O) groups is 1. The summed E-state index contributed by atoms with van der Waals surface area (Å²) in [6, 6.07) is 21.3. The number of hydrogen-bond donors (Lipinski definition) is 0. The van der Waals surface area contributed by atoms with Crippen LogP contribution in [0.3, 0.4) is 0 Å². The maximum atomic E-state index is 11.8. The Morgan fingerprint density at radius 2 is 1.27 bits per heavy atom. The Balaban J connectivity index is 2.34. The second kappa shape index (κ2) is 12.9. The smallest absolute Gasteiger partial charge is 0.302 e. The molecule has 0 radical (unpaired) electrons. The maximum Gasteiger partial charge on any atom is 0.302 e. The monoisotopic (exact) mass is 542 g/mol. The molecule has 2 aromatic rings. The van der Waals surface area contributed by atoms with Gasteiger partial charge in [-0.25, -0.2) is 0 Å². The van der Waals surface area contributed by atoms with Crippen molar-refractivity contribution in [3.05, 3.63) is 60.7 Å². The molecule has 2 rings (SSSR count). The van der Waals surface area contributed by atoms with Crippen molar-refractivity contribution in [2.45, 2.75) is 110 Å². The third kappa shape index (κ3) is 8.37. The van der Waals surface area contributed by atoms with Crippen molar-refractivity contribution < 1.29 is 18.4 Å². The molecule has 6 heteroatoms. The van der Waals surface area contributed by atoms with E-state index in [0.29, 0.717) is 0 Å². The molecule has 2 aromatic carbocycles. The Morgan fingerprint density at radius 3 is 1.68 bits per heavy atom. The first-order valence-electron chi connectivity index (χ1n) is 13.7. The standard InChI is InChI=1S/C31H50O4Si2/c1-25(34-36(9,10)30(3,4)5)18-17-19-27(24-33-26(2)32)35-37(31(6,7)8,28-20-13-11-14-21-28)29-22-15-12-16-23-29/h11-16,20-23,25,27H,17-19,24H2,1-10H3/t25-,27+/m0/s1. The van der Waals surface area contributed by atoms with Crippen LogP contribution < -0.4 is 10.4 Å². The quantitative estimate of drug-likeness (QED) is 0.212. The molecule has 0 heterocycles. The molecule has 2 atom stereocenters. The zero-order valence-electron chi connectivity index (χ0n) is 24.9. The van der Waals surface area contributed by atoms with Gasteiger partial charge in [-0.05, 0) is 59.7 Å². The van der Waals surface area contributed by atoms with Crippen LogP contribution in [0.5, 0.6) is 0 Å². The van der Waals surface area contributed by atoms with Crippen LogP contribution in [-0.2, 0) is 18.4 Å². The molecule has 0 unspecified atom stereocenters. The summed E-state index contributed by atoms with van der Waals surface area (Å²) in [6.07, 6.45) is 2.69. The van der Waals surface area contributed by atoms with Gasteiger partial charge in [0.15, 0.2) is 8.32 Å². The molecular formula is C31H50O4Si2. The highest BCUT2D eigenvalue weighted by molar-refractivity contribution is 6.99. The average Bonchev–Trinajstić information content (AvgIpc) is 2.79. The summed E-state index contributed by atoms with van der Waals surface area (Å²) in [6.45, 7) is 22.2. The molecule has 37 heavy (non-hydrogen) atoms. The Labute approximate surface area is 228 Å². The van der Waals surface area contributed by atoms with Crippen LogP contribution in [-0.4, -0.2) is 41.4 Å². The summed E-state index contributed by atoms with van der Waals surface area (Å²) >= 11 is 0. The van der Waals surface area contributed by atoms with Gasteiger partial charge >= 0.3 is 5.97 Å². The van der Waals surface area contributed by atoms with Gasteiger partial charge in [-0.1, -0.05) is 102 Å². The van der Waals surface area contributed by atoms with Crippen molar-refractivity contribution in [3.8, 4) is 0 Å². The summed E-state index contributed by atoms with van der Waals surface area (Å²) in [4.78, 5) is 11.8. The van der Waals surface area contributed by atoms with Gasteiger partial charge < -0.3 is 13.6 Å². The zero-order valence-corrected chi connectivity index (χ0v) is 26.9. The van der Waals surface area contributed by atoms with Crippen molar-refractivity contribution in [1.29, 1.82) is 0 Å². The summed E-state index contributed by atoms with van der Waals surface area (Å²) < 4.78 is 19.4. The number of benzene rings is 2. The minimum Gasteiger partial charge on any atom is -0.463 e. The van der Waals surface area contributed by atoms with Crippen LogP contribution in [0, 0.1) is 0 Å². The molecule has 0 aliphatic heterocycles. The van der Waals surface area contributed by atoms with Crippen LogP contribution in [0.1, 0.15) is 74.7 Å². The van der Waals surface area contributed by atoms with E-state index in [1.165, 1.54) is 17.3 Å². The molecular weight excluding hydrogens is 493 g/mol. The maximum absolute atomic E-state index is 11.8. The van der Waals surface area contributed by atoms with Crippen LogP contribution in [0.4, 0.5) is 0 Å². The first-order chi connectivity index (χ1) is 17.1. The number of rotatable bonds is 12. The third-order valence-corrected chi connectivity index (χ3v) is 17.4. The van der Waals surface area contributed by atoms with E-state index >= 15 is 0 Å². The topological polar surface area (TPSA) is 44.8 Å².